The molecule has 0 aliphatic rings. The highest BCUT2D eigenvalue weighted by atomic mass is 16.5. The summed E-state index contributed by atoms with van der Waals surface area (Å²) in [5, 5.41) is 20.8. The van der Waals surface area contributed by atoms with E-state index in [2.05, 4.69) is 5.32 Å². The molecule has 3 N–H and O–H groups in total. The van der Waals surface area contributed by atoms with Gasteiger partial charge in [-0.25, -0.2) is 4.79 Å². The number of ether oxygens (including phenoxy) is 1. The molecule has 0 radical (unpaired) electrons. The Labute approximate surface area is 150 Å². The average molecular weight is 357 g/mol. The van der Waals surface area contributed by atoms with Crippen LogP contribution in [0.5, 0.6) is 5.75 Å². The largest absolute Gasteiger partial charge is 0.508 e. The molecular weight excluding hydrogens is 338 g/mol. The van der Waals surface area contributed by atoms with Crippen molar-refractivity contribution in [2.24, 2.45) is 0 Å². The Morgan fingerprint density at radius 1 is 0.962 bits per heavy atom. The van der Waals surface area contributed by atoms with Gasteiger partial charge in [-0.3, -0.25) is 9.59 Å². The number of aromatic hydroxyl groups is 1. The topological polar surface area (TPSA) is 113 Å². The summed E-state index contributed by atoms with van der Waals surface area (Å²) >= 11 is 0. The third kappa shape index (κ3) is 6.27. The van der Waals surface area contributed by atoms with Gasteiger partial charge in [0.25, 0.3) is 0 Å². The molecule has 0 saturated carbocycles. The molecule has 1 unspecified atom stereocenters. The molecule has 0 heterocycles. The van der Waals surface area contributed by atoms with E-state index in [1.54, 1.807) is 36.4 Å². The van der Waals surface area contributed by atoms with Crippen LogP contribution in [0.3, 0.4) is 0 Å². The van der Waals surface area contributed by atoms with E-state index in [0.29, 0.717) is 5.56 Å². The molecule has 136 valence electrons. The van der Waals surface area contributed by atoms with Gasteiger partial charge in [0.2, 0.25) is 5.91 Å². The number of carboxylic acid groups (broad SMARTS) is 1. The number of phenolic OH excluding ortho intramolecular Hbond substituents is 1. The van der Waals surface area contributed by atoms with Gasteiger partial charge < -0.3 is 20.3 Å². The minimum Gasteiger partial charge on any atom is -0.508 e. The zero-order valence-corrected chi connectivity index (χ0v) is 13.9. The number of carbonyl (C=O) groups is 3. The van der Waals surface area contributed by atoms with Crippen molar-refractivity contribution >= 4 is 17.8 Å². The van der Waals surface area contributed by atoms with Gasteiger partial charge in [0.15, 0.2) is 0 Å². The molecule has 26 heavy (non-hydrogen) atoms. The zero-order valence-electron chi connectivity index (χ0n) is 13.9. The molecule has 0 aromatic heterocycles. The summed E-state index contributed by atoms with van der Waals surface area (Å²) in [5.74, 6) is -2.62. The molecule has 7 heteroatoms. The van der Waals surface area contributed by atoms with Gasteiger partial charge in [0, 0.05) is 6.42 Å². The van der Waals surface area contributed by atoms with Gasteiger partial charge in [-0.2, -0.15) is 0 Å². The lowest BCUT2D eigenvalue weighted by Crippen LogP contribution is -2.43. The number of benzene rings is 2. The molecule has 0 saturated heterocycles. The van der Waals surface area contributed by atoms with Crippen LogP contribution in [0.1, 0.15) is 17.5 Å². The second-order valence-corrected chi connectivity index (χ2v) is 5.65. The summed E-state index contributed by atoms with van der Waals surface area (Å²) < 4.78 is 5.00. The number of amides is 1. The molecule has 0 bridgehead atoms. The van der Waals surface area contributed by atoms with E-state index < -0.39 is 30.3 Å². The SMILES string of the molecule is O=C(CC(=O)OCc1ccccc1)NC(Cc1ccc(O)cc1)C(=O)O. The third-order valence-corrected chi connectivity index (χ3v) is 3.56. The summed E-state index contributed by atoms with van der Waals surface area (Å²) in [6.07, 6.45) is -0.535. The van der Waals surface area contributed by atoms with Gasteiger partial charge in [0.05, 0.1) is 0 Å². The predicted molar refractivity (Wildman–Crippen MR) is 92.2 cm³/mol. The maximum atomic E-state index is 11.9. The molecule has 0 aliphatic carbocycles. The Kier molecular flexibility index (Phi) is 6.73. The fourth-order valence-electron chi connectivity index (χ4n) is 2.23. The monoisotopic (exact) mass is 357 g/mol. The van der Waals surface area contributed by atoms with Crippen LogP contribution in [-0.4, -0.2) is 34.1 Å². The minimum atomic E-state index is -1.22. The summed E-state index contributed by atoms with van der Waals surface area (Å²) in [4.78, 5) is 34.9. The van der Waals surface area contributed by atoms with E-state index >= 15 is 0 Å². The minimum absolute atomic E-state index is 0.0282. The van der Waals surface area contributed by atoms with E-state index in [9.17, 15) is 24.6 Å². The van der Waals surface area contributed by atoms with Gasteiger partial charge in [-0.15, -0.1) is 0 Å². The van der Waals surface area contributed by atoms with E-state index in [1.807, 2.05) is 6.07 Å². The fraction of sp³-hybridized carbons (Fsp3) is 0.211. The number of carboxylic acids is 1. The Morgan fingerprint density at radius 2 is 1.62 bits per heavy atom. The number of esters is 1. The van der Waals surface area contributed by atoms with Crippen molar-refractivity contribution in [2.75, 3.05) is 0 Å². The van der Waals surface area contributed by atoms with Crippen LogP contribution in [0.2, 0.25) is 0 Å². The number of nitrogens with one attached hydrogen (secondary N) is 1. The van der Waals surface area contributed by atoms with Crippen LogP contribution in [-0.2, 0) is 32.1 Å². The smallest absolute Gasteiger partial charge is 0.326 e. The number of carbonyl (C=O) groups excluding carboxylic acids is 2. The lowest BCUT2D eigenvalue weighted by Gasteiger charge is -2.14. The lowest BCUT2D eigenvalue weighted by molar-refractivity contribution is -0.149. The third-order valence-electron chi connectivity index (χ3n) is 3.56. The van der Waals surface area contributed by atoms with E-state index in [1.165, 1.54) is 12.1 Å². The van der Waals surface area contributed by atoms with E-state index in [0.717, 1.165) is 5.56 Å². The molecule has 2 aromatic carbocycles. The first-order valence-electron chi connectivity index (χ1n) is 7.93. The van der Waals surface area contributed by atoms with Gasteiger partial charge in [-0.1, -0.05) is 42.5 Å². The number of phenols is 1. The molecule has 0 fully saturated rings. The Balaban J connectivity index is 1.83. The highest BCUT2D eigenvalue weighted by Gasteiger charge is 2.22. The highest BCUT2D eigenvalue weighted by molar-refractivity contribution is 5.96. The van der Waals surface area contributed by atoms with Crippen molar-refractivity contribution in [1.29, 1.82) is 0 Å². The van der Waals surface area contributed by atoms with E-state index in [-0.39, 0.29) is 18.8 Å². The van der Waals surface area contributed by atoms with Crippen LogP contribution < -0.4 is 5.32 Å². The summed E-state index contributed by atoms with van der Waals surface area (Å²) in [6.45, 7) is 0.0445. The van der Waals surface area contributed by atoms with Crippen molar-refractivity contribution in [2.45, 2.75) is 25.5 Å². The second kappa shape index (κ2) is 9.22. The van der Waals surface area contributed by atoms with E-state index in [4.69, 9.17) is 4.74 Å². The quantitative estimate of drug-likeness (QED) is 0.489. The molecule has 2 rings (SSSR count). The first-order valence-corrected chi connectivity index (χ1v) is 7.93. The second-order valence-electron chi connectivity index (χ2n) is 5.65. The van der Waals surface area contributed by atoms with Crippen molar-refractivity contribution < 1.29 is 29.3 Å². The first-order chi connectivity index (χ1) is 12.4. The normalized spacial score (nSPS) is 11.4. The van der Waals surface area contributed by atoms with Crippen LogP contribution in [0.25, 0.3) is 0 Å². The standard InChI is InChI=1S/C19H19NO6/c21-15-8-6-13(7-9-15)10-16(19(24)25)20-17(22)11-18(23)26-12-14-4-2-1-3-5-14/h1-9,16,21H,10-12H2,(H,20,22)(H,24,25). The van der Waals surface area contributed by atoms with Crippen LogP contribution in [0.4, 0.5) is 0 Å². The molecule has 1 atom stereocenters. The summed E-state index contributed by atoms with van der Waals surface area (Å²) in [5.41, 5.74) is 1.42. The molecule has 0 aliphatic heterocycles. The predicted octanol–water partition coefficient (Wildman–Crippen LogP) is 1.64. The molecule has 7 nitrogen and oxygen atoms in total. The maximum Gasteiger partial charge on any atom is 0.326 e. The Morgan fingerprint density at radius 3 is 2.23 bits per heavy atom. The van der Waals surface area contributed by atoms with Crippen LogP contribution >= 0.6 is 0 Å². The average Bonchev–Trinajstić information content (AvgIpc) is 2.62. The first kappa shape index (κ1) is 19.0. The van der Waals surface area contributed by atoms with Crippen LogP contribution in [0, 0.1) is 0 Å². The number of aliphatic carboxylic acids is 1. The van der Waals surface area contributed by atoms with Gasteiger partial charge in [0.1, 0.15) is 24.8 Å². The van der Waals surface area contributed by atoms with Gasteiger partial charge >= 0.3 is 11.9 Å². The Hall–Kier alpha value is -3.35. The summed E-state index contributed by atoms with van der Waals surface area (Å²) in [6, 6.07) is 13.8. The number of hydrogen-bond donors (Lipinski definition) is 3. The highest BCUT2D eigenvalue weighted by Crippen LogP contribution is 2.11. The summed E-state index contributed by atoms with van der Waals surface area (Å²) in [7, 11) is 0. The van der Waals surface area contributed by atoms with Gasteiger partial charge in [-0.05, 0) is 23.3 Å². The maximum absolute atomic E-state index is 11.9. The van der Waals surface area contributed by atoms with Crippen molar-refractivity contribution in [3.63, 3.8) is 0 Å². The molecule has 0 spiro atoms. The molecule has 1 amide bonds. The molecular formula is C19H19NO6. The number of hydrogen-bond acceptors (Lipinski definition) is 5. The van der Waals surface area contributed by atoms with Crippen molar-refractivity contribution in [3.8, 4) is 5.75 Å². The van der Waals surface area contributed by atoms with Crippen molar-refractivity contribution in [1.82, 2.24) is 5.32 Å². The van der Waals surface area contributed by atoms with Crippen molar-refractivity contribution in [3.05, 3.63) is 65.7 Å². The lowest BCUT2D eigenvalue weighted by atomic mass is 10.1. The number of rotatable bonds is 8. The van der Waals surface area contributed by atoms with Crippen LogP contribution in [0.15, 0.2) is 54.6 Å². The molecule has 2 aromatic rings. The zero-order chi connectivity index (χ0) is 18.9. The Bertz CT molecular complexity index is 757. The fourth-order valence-corrected chi connectivity index (χ4v) is 2.23.